The van der Waals surface area contributed by atoms with Gasteiger partial charge in [-0.3, -0.25) is 0 Å². The first-order valence-corrected chi connectivity index (χ1v) is 7.25. The van der Waals surface area contributed by atoms with Crippen molar-refractivity contribution in [2.24, 2.45) is 5.73 Å². The first-order valence-electron chi connectivity index (χ1n) is 7.25. The van der Waals surface area contributed by atoms with E-state index >= 15 is 0 Å². The molecule has 5 heteroatoms. The standard InChI is InChI=1S/C17H18F2N2O/c1-21(15-7-12(18)6-13(19)8-15)14-2-3-16-11(10-20)4-5-22-17(16)9-14/h2-3,6-9,11H,4-5,10,20H2,1H3/t11-/m0/s1. The van der Waals surface area contributed by atoms with Gasteiger partial charge < -0.3 is 15.4 Å². The molecular formula is C17H18F2N2O. The Hall–Kier alpha value is -2.14. The zero-order valence-corrected chi connectivity index (χ0v) is 12.4. The van der Waals surface area contributed by atoms with Gasteiger partial charge >= 0.3 is 0 Å². The van der Waals surface area contributed by atoms with Gasteiger partial charge in [-0.1, -0.05) is 6.07 Å². The van der Waals surface area contributed by atoms with E-state index in [0.717, 1.165) is 29.5 Å². The van der Waals surface area contributed by atoms with E-state index in [1.54, 1.807) is 11.9 Å². The molecule has 2 N–H and O–H groups in total. The van der Waals surface area contributed by atoms with Crippen LogP contribution in [0.25, 0.3) is 0 Å². The lowest BCUT2D eigenvalue weighted by atomic mass is 9.93. The van der Waals surface area contributed by atoms with Crippen LogP contribution in [0.2, 0.25) is 0 Å². The second kappa shape index (κ2) is 5.93. The molecule has 0 fully saturated rings. The first-order chi connectivity index (χ1) is 10.6. The van der Waals surface area contributed by atoms with Gasteiger partial charge in [0.1, 0.15) is 17.4 Å². The number of rotatable bonds is 3. The van der Waals surface area contributed by atoms with Gasteiger partial charge in [0.2, 0.25) is 0 Å². The molecule has 0 aromatic heterocycles. The van der Waals surface area contributed by atoms with Gasteiger partial charge in [-0.25, -0.2) is 8.78 Å². The van der Waals surface area contributed by atoms with Gasteiger partial charge in [0.25, 0.3) is 0 Å². The molecule has 2 aromatic carbocycles. The van der Waals surface area contributed by atoms with Crippen molar-refractivity contribution in [3.63, 3.8) is 0 Å². The lowest BCUT2D eigenvalue weighted by molar-refractivity contribution is 0.269. The van der Waals surface area contributed by atoms with E-state index < -0.39 is 11.6 Å². The van der Waals surface area contributed by atoms with Crippen LogP contribution in [0.4, 0.5) is 20.2 Å². The summed E-state index contributed by atoms with van der Waals surface area (Å²) in [5.74, 6) is -0.101. The highest BCUT2D eigenvalue weighted by Crippen LogP contribution is 2.37. The van der Waals surface area contributed by atoms with Crippen molar-refractivity contribution in [1.29, 1.82) is 0 Å². The molecule has 0 radical (unpaired) electrons. The fraction of sp³-hybridized carbons (Fsp3) is 0.294. The van der Waals surface area contributed by atoms with Crippen molar-refractivity contribution < 1.29 is 13.5 Å². The molecule has 0 bridgehead atoms. The van der Waals surface area contributed by atoms with Crippen LogP contribution in [-0.2, 0) is 0 Å². The average molecular weight is 304 g/mol. The van der Waals surface area contributed by atoms with Crippen LogP contribution < -0.4 is 15.4 Å². The van der Waals surface area contributed by atoms with E-state index in [4.69, 9.17) is 10.5 Å². The number of nitrogens with two attached hydrogens (primary N) is 1. The smallest absolute Gasteiger partial charge is 0.128 e. The molecule has 1 aliphatic rings. The Labute approximate surface area is 128 Å². The van der Waals surface area contributed by atoms with Crippen molar-refractivity contribution in [3.8, 4) is 5.75 Å². The third-order valence-electron chi connectivity index (χ3n) is 4.07. The molecular weight excluding hydrogens is 286 g/mol. The maximum absolute atomic E-state index is 13.4. The molecule has 0 aliphatic carbocycles. The van der Waals surface area contributed by atoms with Crippen molar-refractivity contribution in [2.45, 2.75) is 12.3 Å². The summed E-state index contributed by atoms with van der Waals surface area (Å²) in [6, 6.07) is 9.24. The van der Waals surface area contributed by atoms with Crippen molar-refractivity contribution in [1.82, 2.24) is 0 Å². The van der Waals surface area contributed by atoms with Crippen LogP contribution in [0.5, 0.6) is 5.75 Å². The van der Waals surface area contributed by atoms with Crippen LogP contribution in [0.15, 0.2) is 36.4 Å². The summed E-state index contributed by atoms with van der Waals surface area (Å²) in [5.41, 5.74) is 8.14. The summed E-state index contributed by atoms with van der Waals surface area (Å²) in [6.07, 6.45) is 0.911. The number of ether oxygens (including phenoxy) is 1. The highest BCUT2D eigenvalue weighted by Gasteiger charge is 2.21. The van der Waals surface area contributed by atoms with E-state index in [0.29, 0.717) is 24.8 Å². The lowest BCUT2D eigenvalue weighted by Crippen LogP contribution is -2.21. The number of halogens is 2. The summed E-state index contributed by atoms with van der Waals surface area (Å²) in [6.45, 7) is 1.22. The quantitative estimate of drug-likeness (QED) is 0.942. The summed E-state index contributed by atoms with van der Waals surface area (Å²) in [7, 11) is 1.76. The third kappa shape index (κ3) is 2.76. The number of nitrogens with zero attached hydrogens (tertiary/aromatic N) is 1. The van der Waals surface area contributed by atoms with Crippen LogP contribution in [0.1, 0.15) is 17.9 Å². The molecule has 1 aliphatic heterocycles. The third-order valence-corrected chi connectivity index (χ3v) is 4.07. The van der Waals surface area contributed by atoms with Crippen LogP contribution in [-0.4, -0.2) is 20.2 Å². The van der Waals surface area contributed by atoms with E-state index in [1.807, 2.05) is 18.2 Å². The number of hydrogen-bond donors (Lipinski definition) is 1. The molecule has 0 saturated heterocycles. The Bertz CT molecular complexity index is 670. The molecule has 1 heterocycles. The van der Waals surface area contributed by atoms with Gasteiger partial charge in [0.05, 0.1) is 6.61 Å². The number of benzene rings is 2. The molecule has 22 heavy (non-hydrogen) atoms. The van der Waals surface area contributed by atoms with Gasteiger partial charge in [-0.15, -0.1) is 0 Å². The predicted octanol–water partition coefficient (Wildman–Crippen LogP) is 3.56. The molecule has 1 atom stereocenters. The second-order valence-corrected chi connectivity index (χ2v) is 5.48. The molecule has 3 rings (SSSR count). The highest BCUT2D eigenvalue weighted by molar-refractivity contribution is 5.65. The Morgan fingerprint density at radius 1 is 1.14 bits per heavy atom. The molecule has 0 spiro atoms. The topological polar surface area (TPSA) is 38.5 Å². The molecule has 2 aromatic rings. The molecule has 0 saturated carbocycles. The normalized spacial score (nSPS) is 16.8. The summed E-state index contributed by atoms with van der Waals surface area (Å²) >= 11 is 0. The summed E-state index contributed by atoms with van der Waals surface area (Å²) < 4.78 is 32.4. The maximum Gasteiger partial charge on any atom is 0.128 e. The van der Waals surface area contributed by atoms with E-state index in [2.05, 4.69) is 0 Å². The van der Waals surface area contributed by atoms with Crippen LogP contribution in [0, 0.1) is 11.6 Å². The molecule has 116 valence electrons. The predicted molar refractivity (Wildman–Crippen MR) is 82.8 cm³/mol. The minimum Gasteiger partial charge on any atom is -0.493 e. The van der Waals surface area contributed by atoms with Gasteiger partial charge in [-0.2, -0.15) is 0 Å². The van der Waals surface area contributed by atoms with Gasteiger partial charge in [-0.05, 0) is 36.7 Å². The zero-order chi connectivity index (χ0) is 15.7. The minimum absolute atomic E-state index is 0.301. The van der Waals surface area contributed by atoms with Gasteiger partial charge in [0, 0.05) is 36.5 Å². The van der Waals surface area contributed by atoms with Crippen molar-refractivity contribution in [2.75, 3.05) is 25.1 Å². The van der Waals surface area contributed by atoms with E-state index in [1.165, 1.54) is 12.1 Å². The Balaban J connectivity index is 1.95. The number of anilines is 2. The first kappa shape index (κ1) is 14.8. The molecule has 0 amide bonds. The summed E-state index contributed by atoms with van der Waals surface area (Å²) in [5, 5.41) is 0. The summed E-state index contributed by atoms with van der Waals surface area (Å²) in [4.78, 5) is 1.72. The lowest BCUT2D eigenvalue weighted by Gasteiger charge is -2.27. The van der Waals surface area contributed by atoms with Crippen molar-refractivity contribution >= 4 is 11.4 Å². The highest BCUT2D eigenvalue weighted by atomic mass is 19.1. The van der Waals surface area contributed by atoms with E-state index in [9.17, 15) is 8.78 Å². The maximum atomic E-state index is 13.4. The van der Waals surface area contributed by atoms with E-state index in [-0.39, 0.29) is 0 Å². The zero-order valence-electron chi connectivity index (χ0n) is 12.4. The number of hydrogen-bond acceptors (Lipinski definition) is 3. The Morgan fingerprint density at radius 2 is 1.86 bits per heavy atom. The average Bonchev–Trinajstić information content (AvgIpc) is 2.52. The van der Waals surface area contributed by atoms with Crippen molar-refractivity contribution in [3.05, 3.63) is 53.6 Å². The second-order valence-electron chi connectivity index (χ2n) is 5.48. The monoisotopic (exact) mass is 304 g/mol. The SMILES string of the molecule is CN(c1cc(F)cc(F)c1)c1ccc2c(c1)OCC[C@H]2CN. The number of fused-ring (bicyclic) bond motifs is 1. The van der Waals surface area contributed by atoms with Crippen LogP contribution in [0.3, 0.4) is 0 Å². The minimum atomic E-state index is -0.598. The largest absolute Gasteiger partial charge is 0.493 e. The molecule has 3 nitrogen and oxygen atoms in total. The Morgan fingerprint density at radius 3 is 2.55 bits per heavy atom. The van der Waals surface area contributed by atoms with Crippen LogP contribution >= 0.6 is 0 Å². The fourth-order valence-corrected chi connectivity index (χ4v) is 2.79. The fourth-order valence-electron chi connectivity index (χ4n) is 2.79. The Kier molecular flexibility index (Phi) is 3.98. The molecule has 0 unspecified atom stereocenters. The van der Waals surface area contributed by atoms with Gasteiger partial charge in [0.15, 0.2) is 0 Å².